The molecule has 0 aliphatic rings. The zero-order valence-electron chi connectivity index (χ0n) is 29.5. The van der Waals surface area contributed by atoms with Crippen molar-refractivity contribution in [2.75, 3.05) is 6.61 Å². The predicted octanol–water partition coefficient (Wildman–Crippen LogP) is 11.0. The molecule has 250 valence electrons. The van der Waals surface area contributed by atoms with E-state index in [0.29, 0.717) is 6.61 Å². The first-order valence-corrected chi connectivity index (χ1v) is 26.2. The van der Waals surface area contributed by atoms with Gasteiger partial charge in [-0.3, -0.25) is 0 Å². The molecule has 1 aromatic rings. The Morgan fingerprint density at radius 3 is 1.79 bits per heavy atom. The molecule has 0 aliphatic heterocycles. The van der Waals surface area contributed by atoms with Gasteiger partial charge in [0.25, 0.3) is 0 Å². The van der Waals surface area contributed by atoms with E-state index in [4.69, 9.17) is 9.47 Å². The average molecular weight is 729 g/mol. The van der Waals surface area contributed by atoms with Gasteiger partial charge in [0.05, 0.1) is 0 Å². The summed E-state index contributed by atoms with van der Waals surface area (Å²) in [5.41, 5.74) is 0.596. The van der Waals surface area contributed by atoms with Gasteiger partial charge in [-0.05, 0) is 0 Å². The van der Waals surface area contributed by atoms with Crippen molar-refractivity contribution in [1.29, 1.82) is 0 Å². The third kappa shape index (κ3) is 16.0. The predicted molar refractivity (Wildman–Crippen MR) is 188 cm³/mol. The molecule has 5 nitrogen and oxygen atoms in total. The monoisotopic (exact) mass is 729 g/mol. The molecule has 0 aliphatic carbocycles. The van der Waals surface area contributed by atoms with Gasteiger partial charge in [0, 0.05) is 0 Å². The molecule has 0 radical (unpaired) electrons. The summed E-state index contributed by atoms with van der Waals surface area (Å²) in [6, 6.07) is 10.4. The summed E-state index contributed by atoms with van der Waals surface area (Å²) in [6.45, 7) is 20.1. The summed E-state index contributed by atoms with van der Waals surface area (Å²) in [5, 5.41) is 0. The van der Waals surface area contributed by atoms with E-state index in [9.17, 15) is 9.00 Å². The van der Waals surface area contributed by atoms with Crippen LogP contribution in [0.1, 0.15) is 145 Å². The van der Waals surface area contributed by atoms with E-state index in [-0.39, 0.29) is 10.2 Å². The molecule has 7 heteroatoms. The Bertz CT molecular complexity index is 875. The van der Waals surface area contributed by atoms with Crippen LogP contribution in [0, 0.1) is 0 Å². The van der Waals surface area contributed by atoms with Gasteiger partial charge in [-0.1, -0.05) is 18.2 Å². The van der Waals surface area contributed by atoms with E-state index in [1.54, 1.807) is 4.31 Å². The molecular formula is C36H67NO4SSn. The molecule has 0 saturated heterocycles. The van der Waals surface area contributed by atoms with E-state index >= 15 is 0 Å². The van der Waals surface area contributed by atoms with Crippen LogP contribution in [-0.2, 0) is 27.1 Å². The van der Waals surface area contributed by atoms with Gasteiger partial charge < -0.3 is 0 Å². The van der Waals surface area contributed by atoms with Gasteiger partial charge in [0.1, 0.15) is 0 Å². The molecule has 1 amide bonds. The van der Waals surface area contributed by atoms with Gasteiger partial charge >= 0.3 is 256 Å². The third-order valence-corrected chi connectivity index (χ3v) is 27.7. The van der Waals surface area contributed by atoms with Gasteiger partial charge in [0.2, 0.25) is 0 Å². The summed E-state index contributed by atoms with van der Waals surface area (Å²) < 4.78 is 31.4. The second kappa shape index (κ2) is 21.2. The summed E-state index contributed by atoms with van der Waals surface area (Å²) in [4.78, 5) is 14.0. The maximum atomic E-state index is 14.3. The van der Waals surface area contributed by atoms with E-state index < -0.39 is 39.7 Å². The first-order chi connectivity index (χ1) is 20.3. The van der Waals surface area contributed by atoms with Crippen LogP contribution in [0.2, 0.25) is 13.3 Å². The Kier molecular flexibility index (Phi) is 20.0. The Labute approximate surface area is 273 Å². The van der Waals surface area contributed by atoms with Crippen LogP contribution in [0.5, 0.6) is 0 Å². The van der Waals surface area contributed by atoms with Crippen molar-refractivity contribution in [3.63, 3.8) is 0 Å². The quantitative estimate of drug-likeness (QED) is 0.0881. The van der Waals surface area contributed by atoms with Crippen molar-refractivity contribution in [3.05, 3.63) is 35.9 Å². The number of unbranched alkanes of at least 4 members (excludes halogenated alkanes) is 7. The molecule has 1 rings (SSSR count). The fourth-order valence-electron chi connectivity index (χ4n) is 5.88. The zero-order chi connectivity index (χ0) is 32.4. The van der Waals surface area contributed by atoms with Crippen LogP contribution in [-0.4, -0.2) is 54.0 Å². The molecule has 0 bridgehead atoms. The second-order valence-corrected chi connectivity index (χ2v) is 30.5. The van der Waals surface area contributed by atoms with Gasteiger partial charge in [-0.2, -0.15) is 0 Å². The van der Waals surface area contributed by atoms with E-state index in [1.165, 1.54) is 57.4 Å². The molecule has 0 spiro atoms. The molecular weight excluding hydrogens is 661 g/mol. The van der Waals surface area contributed by atoms with Crippen LogP contribution in [0.4, 0.5) is 4.79 Å². The normalized spacial score (nSPS) is 14.0. The minimum absolute atomic E-state index is 0.100. The van der Waals surface area contributed by atoms with Crippen molar-refractivity contribution in [1.82, 2.24) is 4.31 Å². The fourth-order valence-corrected chi connectivity index (χ4v) is 27.4. The number of carbonyl (C=O) groups is 1. The molecule has 0 N–H and O–H groups in total. The van der Waals surface area contributed by atoms with Crippen LogP contribution < -0.4 is 0 Å². The SMILES string of the molecule is CCC[CH2][Sn]([CH2]CCC)([CH2]CCC)[C@H](CCCCCCCOCc1ccccc1)N(C(=O)OC(C)(C)C)S(=O)C(C)(C)C. The first-order valence-electron chi connectivity index (χ1n) is 17.4. The summed E-state index contributed by atoms with van der Waals surface area (Å²) >= 11 is -3.05. The number of ether oxygens (including phenoxy) is 2. The molecule has 1 unspecified atom stereocenters. The fraction of sp³-hybridized carbons (Fsp3) is 0.806. The molecule has 0 aromatic heterocycles. The van der Waals surface area contributed by atoms with Crippen molar-refractivity contribution < 1.29 is 18.5 Å². The standard InChI is InChI=1S/C24H40NO4S.3C4H9.Sn/c1-23(2,3)29-22(26)25(30(27)24(4,5)6)18-14-9-7-8-10-15-19-28-20-21-16-12-11-13-17-21;3*1-3-4-2;/h11-13,16-18H,7-10,14-15,19-20H2,1-6H3;3*1,3-4H2,2H3;. The number of carbonyl (C=O) groups excluding carboxylic acids is 1. The average Bonchev–Trinajstić information content (AvgIpc) is 2.94. The van der Waals surface area contributed by atoms with E-state index in [2.05, 4.69) is 45.0 Å². The molecule has 1 aromatic carbocycles. The number of hydrogen-bond acceptors (Lipinski definition) is 4. The van der Waals surface area contributed by atoms with Crippen molar-refractivity contribution in [2.45, 2.75) is 174 Å². The van der Waals surface area contributed by atoms with Gasteiger partial charge in [-0.25, -0.2) is 0 Å². The zero-order valence-corrected chi connectivity index (χ0v) is 33.1. The van der Waals surface area contributed by atoms with Gasteiger partial charge in [0.15, 0.2) is 0 Å². The molecule has 0 saturated carbocycles. The molecule has 0 heterocycles. The molecule has 2 atom stereocenters. The molecule has 0 fully saturated rings. The number of nitrogens with zero attached hydrogens (tertiary/aromatic N) is 1. The Hall–Kier alpha value is -0.601. The number of amides is 1. The maximum absolute atomic E-state index is 14.3. The Morgan fingerprint density at radius 1 is 0.791 bits per heavy atom. The van der Waals surface area contributed by atoms with Crippen LogP contribution in [0.25, 0.3) is 0 Å². The number of benzene rings is 1. The van der Waals surface area contributed by atoms with Crippen LogP contribution in [0.15, 0.2) is 30.3 Å². The van der Waals surface area contributed by atoms with Gasteiger partial charge in [-0.15, -0.1) is 0 Å². The minimum atomic E-state index is -3.05. The van der Waals surface area contributed by atoms with Crippen LogP contribution in [0.3, 0.4) is 0 Å². The van der Waals surface area contributed by atoms with Crippen molar-refractivity contribution in [3.8, 4) is 0 Å². The Morgan fingerprint density at radius 2 is 1.30 bits per heavy atom. The van der Waals surface area contributed by atoms with Crippen molar-refractivity contribution >= 4 is 35.5 Å². The van der Waals surface area contributed by atoms with E-state index in [0.717, 1.165) is 45.1 Å². The second-order valence-electron chi connectivity index (χ2n) is 14.5. The first kappa shape index (κ1) is 40.4. The summed E-state index contributed by atoms with van der Waals surface area (Å²) in [5.74, 6) is 0. The number of hydrogen-bond donors (Lipinski definition) is 0. The molecule has 43 heavy (non-hydrogen) atoms. The topological polar surface area (TPSA) is 55.8 Å². The van der Waals surface area contributed by atoms with Crippen LogP contribution >= 0.6 is 0 Å². The number of rotatable bonds is 22. The van der Waals surface area contributed by atoms with Crippen molar-refractivity contribution in [2.24, 2.45) is 0 Å². The summed E-state index contributed by atoms with van der Waals surface area (Å²) in [7, 11) is -1.47. The van der Waals surface area contributed by atoms with E-state index in [1.807, 2.05) is 47.6 Å². The summed E-state index contributed by atoms with van der Waals surface area (Å²) in [6.07, 6.45) is 13.3. The Balaban J connectivity index is 3.16. The third-order valence-electron chi connectivity index (χ3n) is 8.23.